The van der Waals surface area contributed by atoms with Crippen LogP contribution < -0.4 is 0 Å². The van der Waals surface area contributed by atoms with Crippen LogP contribution in [-0.4, -0.2) is 36.5 Å². The van der Waals surface area contributed by atoms with E-state index in [1.54, 1.807) is 29.2 Å². The molecule has 0 unspecified atom stereocenters. The molecule has 0 bridgehead atoms. The molecule has 1 saturated heterocycles. The van der Waals surface area contributed by atoms with Crippen LogP contribution in [0.25, 0.3) is 0 Å². The van der Waals surface area contributed by atoms with Crippen molar-refractivity contribution in [2.24, 2.45) is 11.8 Å². The normalized spacial score (nSPS) is 18.7. The number of carbonyl (C=O) groups excluding carboxylic acids is 2. The molecule has 2 aromatic carbocycles. The van der Waals surface area contributed by atoms with Gasteiger partial charge in [0.15, 0.2) is 6.61 Å². The number of esters is 1. The number of rotatable bonds is 5. The fourth-order valence-electron chi connectivity index (χ4n) is 3.65. The molecule has 1 amide bonds. The van der Waals surface area contributed by atoms with E-state index in [0.29, 0.717) is 40.9 Å². The number of ether oxygens (including phenoxy) is 1. The van der Waals surface area contributed by atoms with E-state index in [2.05, 4.69) is 19.9 Å². The minimum absolute atomic E-state index is 0.156. The Labute approximate surface area is 175 Å². The van der Waals surface area contributed by atoms with Gasteiger partial charge in [-0.3, -0.25) is 4.79 Å². The Morgan fingerprint density at radius 1 is 1.07 bits per heavy atom. The average Bonchev–Trinajstić information content (AvgIpc) is 2.72. The summed E-state index contributed by atoms with van der Waals surface area (Å²) < 4.78 is 5.34. The molecule has 0 N–H and O–H groups in total. The molecule has 1 aliphatic heterocycles. The Balaban J connectivity index is 1.67. The first-order valence-corrected chi connectivity index (χ1v) is 10.5. The zero-order valence-electron chi connectivity index (χ0n) is 16.6. The number of benzene rings is 2. The van der Waals surface area contributed by atoms with E-state index in [0.717, 1.165) is 11.3 Å². The molecule has 1 heterocycles. The zero-order valence-corrected chi connectivity index (χ0v) is 17.4. The van der Waals surface area contributed by atoms with Crippen molar-refractivity contribution in [2.75, 3.05) is 19.7 Å². The Kier molecular flexibility index (Phi) is 6.95. The molecule has 0 aliphatic carbocycles. The minimum atomic E-state index is -0.533. The summed E-state index contributed by atoms with van der Waals surface area (Å²) in [4.78, 5) is 28.4. The fourth-order valence-corrected chi connectivity index (χ4v) is 4.67. The van der Waals surface area contributed by atoms with Gasteiger partial charge in [-0.2, -0.15) is 5.26 Å². The molecular weight excluding hydrogens is 384 g/mol. The van der Waals surface area contributed by atoms with Gasteiger partial charge in [0.05, 0.1) is 11.1 Å². The predicted molar refractivity (Wildman–Crippen MR) is 112 cm³/mol. The topological polar surface area (TPSA) is 70.4 Å². The molecule has 2 atom stereocenters. The number of hydrogen-bond acceptors (Lipinski definition) is 5. The van der Waals surface area contributed by atoms with Gasteiger partial charge < -0.3 is 9.64 Å². The fraction of sp³-hybridized carbons (Fsp3) is 0.348. The molecule has 5 nitrogen and oxygen atoms in total. The highest BCUT2D eigenvalue weighted by Gasteiger charge is 2.26. The summed E-state index contributed by atoms with van der Waals surface area (Å²) in [6, 6.07) is 16.5. The summed E-state index contributed by atoms with van der Waals surface area (Å²) in [7, 11) is 0. The smallest absolute Gasteiger partial charge is 0.339 e. The van der Waals surface area contributed by atoms with Crippen molar-refractivity contribution >= 4 is 23.6 Å². The first-order chi connectivity index (χ1) is 14.0. The molecule has 1 aliphatic rings. The second-order valence-corrected chi connectivity index (χ2v) is 8.61. The lowest BCUT2D eigenvalue weighted by Crippen LogP contribution is -2.44. The van der Waals surface area contributed by atoms with Gasteiger partial charge in [0.25, 0.3) is 5.91 Å². The van der Waals surface area contributed by atoms with Crippen molar-refractivity contribution in [1.82, 2.24) is 4.90 Å². The van der Waals surface area contributed by atoms with Crippen molar-refractivity contribution in [3.05, 3.63) is 59.7 Å². The van der Waals surface area contributed by atoms with Gasteiger partial charge >= 0.3 is 5.97 Å². The van der Waals surface area contributed by atoms with E-state index in [4.69, 9.17) is 4.74 Å². The number of piperidine rings is 1. The Hall–Kier alpha value is -2.78. The van der Waals surface area contributed by atoms with Gasteiger partial charge in [0.1, 0.15) is 6.07 Å². The molecule has 29 heavy (non-hydrogen) atoms. The predicted octanol–water partition coefficient (Wildman–Crippen LogP) is 4.37. The monoisotopic (exact) mass is 408 g/mol. The molecule has 6 heteroatoms. The summed E-state index contributed by atoms with van der Waals surface area (Å²) in [6.07, 6.45) is 1.11. The van der Waals surface area contributed by atoms with Crippen molar-refractivity contribution in [2.45, 2.75) is 30.1 Å². The summed E-state index contributed by atoms with van der Waals surface area (Å²) in [5.74, 6) is 0.220. The molecule has 0 radical (unpaired) electrons. The number of amides is 1. The number of hydrogen-bond donors (Lipinski definition) is 0. The highest BCUT2D eigenvalue weighted by molar-refractivity contribution is 7.99. The molecule has 0 aromatic heterocycles. The van der Waals surface area contributed by atoms with Crippen molar-refractivity contribution in [1.29, 1.82) is 5.26 Å². The van der Waals surface area contributed by atoms with Crippen LogP contribution >= 0.6 is 11.8 Å². The minimum Gasteiger partial charge on any atom is -0.452 e. The van der Waals surface area contributed by atoms with Crippen LogP contribution in [0.1, 0.15) is 36.2 Å². The molecule has 0 saturated carbocycles. The number of carbonyl (C=O) groups is 2. The van der Waals surface area contributed by atoms with E-state index in [-0.39, 0.29) is 12.5 Å². The SMILES string of the molecule is C[C@@H]1C[C@H](C)CN(C(=O)COC(=O)c2ccccc2Sc2ccccc2C#N)C1. The van der Waals surface area contributed by atoms with E-state index in [1.807, 2.05) is 24.3 Å². The summed E-state index contributed by atoms with van der Waals surface area (Å²) in [5, 5.41) is 9.28. The third-order valence-electron chi connectivity index (χ3n) is 4.88. The van der Waals surface area contributed by atoms with Gasteiger partial charge in [-0.15, -0.1) is 0 Å². The van der Waals surface area contributed by atoms with Gasteiger partial charge in [-0.05, 0) is 42.5 Å². The lowest BCUT2D eigenvalue weighted by atomic mass is 9.92. The lowest BCUT2D eigenvalue weighted by Gasteiger charge is -2.34. The average molecular weight is 409 g/mol. The van der Waals surface area contributed by atoms with Crippen LogP contribution in [0.5, 0.6) is 0 Å². The van der Waals surface area contributed by atoms with E-state index >= 15 is 0 Å². The summed E-state index contributed by atoms with van der Waals surface area (Å²) in [6.45, 7) is 5.42. The van der Waals surface area contributed by atoms with Crippen LogP contribution in [0.3, 0.4) is 0 Å². The quantitative estimate of drug-likeness (QED) is 0.687. The van der Waals surface area contributed by atoms with Crippen LogP contribution in [0, 0.1) is 23.2 Å². The summed E-state index contributed by atoms with van der Waals surface area (Å²) in [5.41, 5.74) is 0.933. The Bertz CT molecular complexity index is 928. The summed E-state index contributed by atoms with van der Waals surface area (Å²) >= 11 is 1.34. The number of nitrogens with zero attached hydrogens (tertiary/aromatic N) is 2. The Morgan fingerprint density at radius 3 is 2.38 bits per heavy atom. The van der Waals surface area contributed by atoms with E-state index < -0.39 is 5.97 Å². The van der Waals surface area contributed by atoms with Crippen molar-refractivity contribution < 1.29 is 14.3 Å². The molecule has 2 aromatic rings. The van der Waals surface area contributed by atoms with Crippen molar-refractivity contribution in [3.63, 3.8) is 0 Å². The van der Waals surface area contributed by atoms with E-state index in [1.165, 1.54) is 11.8 Å². The lowest BCUT2D eigenvalue weighted by molar-refractivity contribution is -0.137. The second-order valence-electron chi connectivity index (χ2n) is 7.53. The maximum Gasteiger partial charge on any atom is 0.339 e. The van der Waals surface area contributed by atoms with Crippen LogP contribution in [0.15, 0.2) is 58.3 Å². The maximum absolute atomic E-state index is 12.7. The first kappa shape index (κ1) is 20.9. The van der Waals surface area contributed by atoms with Crippen molar-refractivity contribution in [3.8, 4) is 6.07 Å². The maximum atomic E-state index is 12.7. The molecule has 150 valence electrons. The van der Waals surface area contributed by atoms with Gasteiger partial charge in [0, 0.05) is 22.9 Å². The van der Waals surface area contributed by atoms with Crippen LogP contribution in [0.2, 0.25) is 0 Å². The standard InChI is InChI=1S/C23H24N2O3S/c1-16-11-17(2)14-25(13-16)22(26)15-28-23(27)19-8-4-6-10-21(19)29-20-9-5-3-7-18(20)12-24/h3-10,16-17H,11,13-15H2,1-2H3/t16-,17+. The number of nitriles is 1. The zero-order chi connectivity index (χ0) is 20.8. The highest BCUT2D eigenvalue weighted by Crippen LogP contribution is 2.33. The molecule has 1 fully saturated rings. The third-order valence-corrected chi connectivity index (χ3v) is 6.03. The molecular formula is C23H24N2O3S. The number of likely N-dealkylation sites (tertiary alicyclic amines) is 1. The first-order valence-electron chi connectivity index (χ1n) is 9.68. The highest BCUT2D eigenvalue weighted by atomic mass is 32.2. The van der Waals surface area contributed by atoms with Gasteiger partial charge in [0.2, 0.25) is 0 Å². The van der Waals surface area contributed by atoms with Crippen LogP contribution in [-0.2, 0) is 9.53 Å². The van der Waals surface area contributed by atoms with Gasteiger partial charge in [-0.25, -0.2) is 4.79 Å². The van der Waals surface area contributed by atoms with Gasteiger partial charge in [-0.1, -0.05) is 49.9 Å². The Morgan fingerprint density at radius 2 is 1.69 bits per heavy atom. The second kappa shape index (κ2) is 9.62. The molecule has 3 rings (SSSR count). The largest absolute Gasteiger partial charge is 0.452 e. The van der Waals surface area contributed by atoms with Crippen LogP contribution in [0.4, 0.5) is 0 Å². The third kappa shape index (κ3) is 5.39. The molecule has 0 spiro atoms. The van der Waals surface area contributed by atoms with E-state index in [9.17, 15) is 14.9 Å².